The first-order chi connectivity index (χ1) is 16.9. The van der Waals surface area contributed by atoms with Crippen molar-refractivity contribution >= 4 is 23.7 Å². The predicted octanol–water partition coefficient (Wildman–Crippen LogP) is 4.64. The van der Waals surface area contributed by atoms with Crippen LogP contribution < -0.4 is 10.6 Å². The van der Waals surface area contributed by atoms with E-state index in [0.29, 0.717) is 6.42 Å². The first kappa shape index (κ1) is 22.6. The first-order valence-electron chi connectivity index (χ1n) is 11.3. The van der Waals surface area contributed by atoms with E-state index in [4.69, 9.17) is 9.84 Å². The highest BCUT2D eigenvalue weighted by Crippen LogP contribution is 2.44. The number of ether oxygens (including phenoxy) is 1. The smallest absolute Gasteiger partial charge is 0.411 e. The number of rotatable bonds is 7. The molecule has 7 nitrogen and oxygen atoms in total. The molecule has 2 aliphatic rings. The summed E-state index contributed by atoms with van der Waals surface area (Å²) in [5.41, 5.74) is 4.38. The standard InChI is InChI=1S/C27H23FN2O5/c28-24-12-16(9-10-21(24)25(31)29-13-15-11-22(15)26(32)33)30-27(34)35-14-23-19-7-3-1-5-17(19)18-6-2-4-8-20(18)23/h1-10,12,15,22-23H,11,13-14H2,(H,29,31)(H,30,34)(H,32,33)/t15-,22-/m0/s1. The zero-order valence-corrected chi connectivity index (χ0v) is 18.7. The van der Waals surface area contributed by atoms with Gasteiger partial charge in [-0.25, -0.2) is 9.18 Å². The Morgan fingerprint density at radius 2 is 1.63 bits per heavy atom. The molecule has 0 saturated heterocycles. The lowest BCUT2D eigenvalue weighted by Gasteiger charge is -2.15. The van der Waals surface area contributed by atoms with E-state index in [1.165, 1.54) is 12.1 Å². The van der Waals surface area contributed by atoms with Crippen LogP contribution in [-0.4, -0.2) is 36.2 Å². The second-order valence-electron chi connectivity index (χ2n) is 8.80. The van der Waals surface area contributed by atoms with Crippen LogP contribution in [0.4, 0.5) is 14.9 Å². The summed E-state index contributed by atoms with van der Waals surface area (Å²) >= 11 is 0. The van der Waals surface area contributed by atoms with Gasteiger partial charge in [-0.05, 0) is 52.8 Å². The highest BCUT2D eigenvalue weighted by molar-refractivity contribution is 5.95. The maximum atomic E-state index is 14.5. The minimum Gasteiger partial charge on any atom is -0.481 e. The first-order valence-corrected chi connectivity index (χ1v) is 11.3. The van der Waals surface area contributed by atoms with Gasteiger partial charge in [-0.1, -0.05) is 48.5 Å². The Kier molecular flexibility index (Phi) is 5.94. The SMILES string of the molecule is O=C(Nc1ccc(C(=O)NC[C@@H]2C[C@@H]2C(=O)O)c(F)c1)OCC1c2ccccc2-c2ccccc21. The van der Waals surface area contributed by atoms with Crippen molar-refractivity contribution in [3.05, 3.63) is 89.2 Å². The number of benzene rings is 3. The van der Waals surface area contributed by atoms with Gasteiger partial charge in [-0.2, -0.15) is 0 Å². The summed E-state index contributed by atoms with van der Waals surface area (Å²) in [5.74, 6) is -3.00. The van der Waals surface area contributed by atoms with Crippen LogP contribution in [0.25, 0.3) is 11.1 Å². The summed E-state index contributed by atoms with van der Waals surface area (Å²) < 4.78 is 20.0. The van der Waals surface area contributed by atoms with Crippen LogP contribution in [0.5, 0.6) is 0 Å². The number of halogens is 1. The maximum Gasteiger partial charge on any atom is 0.411 e. The number of fused-ring (bicyclic) bond motifs is 3. The number of carboxylic acids is 1. The molecule has 0 unspecified atom stereocenters. The summed E-state index contributed by atoms with van der Waals surface area (Å²) in [4.78, 5) is 35.5. The molecule has 3 N–H and O–H groups in total. The molecule has 0 bridgehead atoms. The van der Waals surface area contributed by atoms with Crippen molar-refractivity contribution < 1.29 is 28.6 Å². The molecule has 0 spiro atoms. The van der Waals surface area contributed by atoms with Crippen LogP contribution in [-0.2, 0) is 9.53 Å². The second-order valence-corrected chi connectivity index (χ2v) is 8.80. The molecule has 0 radical (unpaired) electrons. The number of hydrogen-bond donors (Lipinski definition) is 3. The fraction of sp³-hybridized carbons (Fsp3) is 0.222. The Morgan fingerprint density at radius 3 is 2.23 bits per heavy atom. The molecule has 2 amide bonds. The molecule has 2 aliphatic carbocycles. The third kappa shape index (κ3) is 4.59. The van der Waals surface area contributed by atoms with Crippen molar-refractivity contribution in [2.24, 2.45) is 11.8 Å². The van der Waals surface area contributed by atoms with E-state index < -0.39 is 29.7 Å². The Balaban J connectivity index is 1.18. The Morgan fingerprint density at radius 1 is 0.971 bits per heavy atom. The Hall–Kier alpha value is -4.20. The van der Waals surface area contributed by atoms with Crippen LogP contribution in [0.3, 0.4) is 0 Å². The zero-order valence-electron chi connectivity index (χ0n) is 18.7. The summed E-state index contributed by atoms with van der Waals surface area (Å²) in [5, 5.41) is 14.0. The number of carbonyl (C=O) groups is 3. The topological polar surface area (TPSA) is 105 Å². The van der Waals surface area contributed by atoms with E-state index in [-0.39, 0.29) is 36.2 Å². The van der Waals surface area contributed by atoms with E-state index in [2.05, 4.69) is 10.6 Å². The Labute approximate surface area is 200 Å². The molecule has 3 aromatic carbocycles. The average Bonchev–Trinajstić information content (AvgIpc) is 3.57. The van der Waals surface area contributed by atoms with Gasteiger partial charge < -0.3 is 15.2 Å². The summed E-state index contributed by atoms with van der Waals surface area (Å²) in [6, 6.07) is 19.7. The lowest BCUT2D eigenvalue weighted by Crippen LogP contribution is -2.27. The van der Waals surface area contributed by atoms with E-state index in [0.717, 1.165) is 28.3 Å². The maximum absolute atomic E-state index is 14.5. The van der Waals surface area contributed by atoms with Crippen molar-refractivity contribution in [3.8, 4) is 11.1 Å². The normalized spacial score (nSPS) is 17.7. The van der Waals surface area contributed by atoms with Crippen LogP contribution in [0, 0.1) is 17.7 Å². The monoisotopic (exact) mass is 474 g/mol. The highest BCUT2D eigenvalue weighted by Gasteiger charge is 2.43. The van der Waals surface area contributed by atoms with Crippen LogP contribution in [0.2, 0.25) is 0 Å². The van der Waals surface area contributed by atoms with E-state index >= 15 is 0 Å². The van der Waals surface area contributed by atoms with Crippen molar-refractivity contribution in [1.82, 2.24) is 5.32 Å². The average molecular weight is 474 g/mol. The number of amides is 2. The Bertz CT molecular complexity index is 1280. The molecule has 5 rings (SSSR count). The molecule has 1 saturated carbocycles. The molecular weight excluding hydrogens is 451 g/mol. The van der Waals surface area contributed by atoms with Crippen molar-refractivity contribution in [2.45, 2.75) is 12.3 Å². The number of carboxylic acid groups (broad SMARTS) is 1. The molecule has 0 heterocycles. The number of aliphatic carboxylic acids is 1. The van der Waals surface area contributed by atoms with E-state index in [1.807, 2.05) is 48.5 Å². The molecule has 1 fully saturated rings. The number of carbonyl (C=O) groups excluding carboxylic acids is 2. The van der Waals surface area contributed by atoms with Gasteiger partial charge in [0.05, 0.1) is 11.5 Å². The van der Waals surface area contributed by atoms with E-state index in [1.54, 1.807) is 0 Å². The lowest BCUT2D eigenvalue weighted by molar-refractivity contribution is -0.138. The largest absolute Gasteiger partial charge is 0.481 e. The second kappa shape index (κ2) is 9.21. The summed E-state index contributed by atoms with van der Waals surface area (Å²) in [6.07, 6.45) is -0.224. The quantitative estimate of drug-likeness (QED) is 0.463. The van der Waals surface area contributed by atoms with Crippen LogP contribution in [0.15, 0.2) is 66.7 Å². The summed E-state index contributed by atoms with van der Waals surface area (Å²) in [6.45, 7) is 0.302. The zero-order chi connectivity index (χ0) is 24.5. The van der Waals surface area contributed by atoms with Crippen molar-refractivity contribution in [3.63, 3.8) is 0 Å². The molecule has 8 heteroatoms. The van der Waals surface area contributed by atoms with Gasteiger partial charge in [0.1, 0.15) is 12.4 Å². The minimum atomic E-state index is -0.890. The van der Waals surface area contributed by atoms with Gasteiger partial charge in [-0.15, -0.1) is 0 Å². The van der Waals surface area contributed by atoms with Gasteiger partial charge in [-0.3, -0.25) is 14.9 Å². The number of hydrogen-bond acceptors (Lipinski definition) is 4. The van der Waals surface area contributed by atoms with Gasteiger partial charge >= 0.3 is 12.1 Å². The highest BCUT2D eigenvalue weighted by atomic mass is 19.1. The van der Waals surface area contributed by atoms with Gasteiger partial charge in [0.15, 0.2) is 0 Å². The molecular formula is C27H23FN2O5. The molecule has 2 atom stereocenters. The van der Waals surface area contributed by atoms with Gasteiger partial charge in [0.2, 0.25) is 0 Å². The third-order valence-corrected chi connectivity index (χ3v) is 6.57. The number of anilines is 1. The van der Waals surface area contributed by atoms with Crippen molar-refractivity contribution in [1.29, 1.82) is 0 Å². The predicted molar refractivity (Wildman–Crippen MR) is 127 cm³/mol. The van der Waals surface area contributed by atoms with Crippen LogP contribution in [0.1, 0.15) is 33.8 Å². The summed E-state index contributed by atoms with van der Waals surface area (Å²) in [7, 11) is 0. The molecule has 35 heavy (non-hydrogen) atoms. The van der Waals surface area contributed by atoms with E-state index in [9.17, 15) is 18.8 Å². The van der Waals surface area contributed by atoms with Gasteiger partial charge in [0.25, 0.3) is 5.91 Å². The minimum absolute atomic E-state index is 0.0943. The van der Waals surface area contributed by atoms with Crippen molar-refractivity contribution in [2.75, 3.05) is 18.5 Å². The lowest BCUT2D eigenvalue weighted by atomic mass is 9.98. The molecule has 3 aromatic rings. The fourth-order valence-electron chi connectivity index (χ4n) is 4.62. The van der Waals surface area contributed by atoms with Gasteiger partial charge in [0, 0.05) is 18.2 Å². The third-order valence-electron chi connectivity index (χ3n) is 6.57. The molecule has 0 aliphatic heterocycles. The molecule has 178 valence electrons. The fourth-order valence-corrected chi connectivity index (χ4v) is 4.62. The number of nitrogens with one attached hydrogen (secondary N) is 2. The molecule has 0 aromatic heterocycles. The van der Waals surface area contributed by atoms with Crippen LogP contribution >= 0.6 is 0 Å².